The van der Waals surface area contributed by atoms with E-state index in [1.165, 1.54) is 12.3 Å². The molecule has 0 aliphatic rings. The van der Waals surface area contributed by atoms with Crippen molar-refractivity contribution in [2.45, 2.75) is 6.92 Å². The number of amides is 1. The molecule has 0 radical (unpaired) electrons. The fourth-order valence-corrected chi connectivity index (χ4v) is 3.39. The van der Waals surface area contributed by atoms with Gasteiger partial charge >= 0.3 is 0 Å². The molecule has 30 heavy (non-hydrogen) atoms. The summed E-state index contributed by atoms with van der Waals surface area (Å²) in [4.78, 5) is 27.3. The van der Waals surface area contributed by atoms with Crippen LogP contribution >= 0.6 is 0 Å². The molecular formula is C24H18N3O3-. The second kappa shape index (κ2) is 8.05. The van der Waals surface area contributed by atoms with Crippen LogP contribution in [0.15, 0.2) is 77.9 Å². The van der Waals surface area contributed by atoms with Gasteiger partial charge in [0.1, 0.15) is 5.69 Å². The lowest BCUT2D eigenvalue weighted by Crippen LogP contribution is -2.24. The summed E-state index contributed by atoms with van der Waals surface area (Å²) in [6.07, 6.45) is 1.29. The lowest BCUT2D eigenvalue weighted by molar-refractivity contribution is -0.255. The van der Waals surface area contributed by atoms with Gasteiger partial charge in [0, 0.05) is 27.6 Å². The zero-order chi connectivity index (χ0) is 21.1. The van der Waals surface area contributed by atoms with Gasteiger partial charge in [-0.15, -0.1) is 0 Å². The smallest absolute Gasteiger partial charge is 0.288 e. The summed E-state index contributed by atoms with van der Waals surface area (Å²) >= 11 is 0. The number of hydrazone groups is 1. The molecule has 4 aromatic rings. The van der Waals surface area contributed by atoms with Gasteiger partial charge < -0.3 is 14.9 Å². The molecule has 6 heteroatoms. The number of aromatic carboxylic acids is 1. The van der Waals surface area contributed by atoms with Gasteiger partial charge in [-0.2, -0.15) is 5.10 Å². The number of nitrogens with zero attached hydrogens (tertiary/aromatic N) is 1. The Kier molecular flexibility index (Phi) is 5.13. The van der Waals surface area contributed by atoms with Crippen LogP contribution in [-0.4, -0.2) is 23.1 Å². The number of H-pyrrole nitrogens is 1. The summed E-state index contributed by atoms with van der Waals surface area (Å²) in [5.74, 6) is -1.73. The normalized spacial score (nSPS) is 11.1. The molecule has 0 fully saturated rings. The minimum atomic E-state index is -1.30. The Morgan fingerprint density at radius 3 is 2.50 bits per heavy atom. The molecule has 0 aliphatic carbocycles. The van der Waals surface area contributed by atoms with Crippen molar-refractivity contribution in [2.24, 2.45) is 5.10 Å². The Morgan fingerprint density at radius 2 is 1.73 bits per heavy atom. The van der Waals surface area contributed by atoms with Crippen molar-refractivity contribution in [3.8, 4) is 11.1 Å². The molecule has 3 aromatic carbocycles. The summed E-state index contributed by atoms with van der Waals surface area (Å²) < 4.78 is 0. The molecule has 0 spiro atoms. The minimum Gasteiger partial charge on any atom is -0.545 e. The SMILES string of the molecule is Cc1ccc2[nH]c(C(=O)NN=Cc3ccccc3C(=O)[O-])c(-c3ccccc3)c2c1. The Bertz CT molecular complexity index is 1270. The highest BCUT2D eigenvalue weighted by Gasteiger charge is 2.19. The molecule has 0 unspecified atom stereocenters. The van der Waals surface area contributed by atoms with Gasteiger partial charge in [0.05, 0.1) is 12.2 Å². The Morgan fingerprint density at radius 1 is 1.00 bits per heavy atom. The Labute approximate surface area is 172 Å². The maximum Gasteiger partial charge on any atom is 0.288 e. The molecule has 1 aromatic heterocycles. The molecule has 0 aliphatic heterocycles. The fraction of sp³-hybridized carbons (Fsp3) is 0.0417. The van der Waals surface area contributed by atoms with Crippen molar-refractivity contribution >= 4 is 29.0 Å². The number of aromatic amines is 1. The number of aryl methyl sites for hydroxylation is 1. The number of carboxylic acid groups (broad SMARTS) is 1. The minimum absolute atomic E-state index is 0.00145. The Balaban J connectivity index is 1.70. The van der Waals surface area contributed by atoms with Crippen LogP contribution in [0, 0.1) is 6.92 Å². The summed E-state index contributed by atoms with van der Waals surface area (Å²) in [5, 5.41) is 16.1. The third-order valence-electron chi connectivity index (χ3n) is 4.79. The second-order valence-corrected chi connectivity index (χ2v) is 6.86. The zero-order valence-electron chi connectivity index (χ0n) is 16.2. The highest BCUT2D eigenvalue weighted by atomic mass is 16.4. The summed E-state index contributed by atoms with van der Waals surface area (Å²) in [6.45, 7) is 2.00. The second-order valence-electron chi connectivity index (χ2n) is 6.86. The average molecular weight is 396 g/mol. The van der Waals surface area contributed by atoms with E-state index < -0.39 is 11.9 Å². The number of aromatic nitrogens is 1. The first-order chi connectivity index (χ1) is 14.5. The van der Waals surface area contributed by atoms with Gasteiger partial charge in [-0.05, 0) is 24.6 Å². The highest BCUT2D eigenvalue weighted by Crippen LogP contribution is 2.33. The summed E-state index contributed by atoms with van der Waals surface area (Å²) in [6, 6.07) is 21.9. The largest absolute Gasteiger partial charge is 0.545 e. The number of hydrogen-bond acceptors (Lipinski definition) is 4. The number of rotatable bonds is 5. The molecule has 1 amide bonds. The van der Waals surface area contributed by atoms with Gasteiger partial charge in [0.2, 0.25) is 0 Å². The lowest BCUT2D eigenvalue weighted by atomic mass is 10.0. The maximum absolute atomic E-state index is 12.9. The average Bonchev–Trinajstić information content (AvgIpc) is 3.13. The van der Waals surface area contributed by atoms with Crippen LogP contribution in [0.25, 0.3) is 22.0 Å². The van der Waals surface area contributed by atoms with Crippen LogP contribution < -0.4 is 10.5 Å². The van der Waals surface area contributed by atoms with Gasteiger partial charge in [-0.25, -0.2) is 5.43 Å². The predicted molar refractivity (Wildman–Crippen MR) is 114 cm³/mol. The van der Waals surface area contributed by atoms with E-state index >= 15 is 0 Å². The van der Waals surface area contributed by atoms with Crippen LogP contribution in [0.4, 0.5) is 0 Å². The molecule has 0 atom stereocenters. The molecular weight excluding hydrogens is 378 g/mol. The third-order valence-corrected chi connectivity index (χ3v) is 4.79. The molecule has 0 bridgehead atoms. The highest BCUT2D eigenvalue weighted by molar-refractivity contribution is 6.10. The third kappa shape index (κ3) is 3.71. The lowest BCUT2D eigenvalue weighted by Gasteiger charge is -2.06. The van der Waals surface area contributed by atoms with E-state index in [9.17, 15) is 14.7 Å². The van der Waals surface area contributed by atoms with Crippen molar-refractivity contribution in [1.29, 1.82) is 0 Å². The van der Waals surface area contributed by atoms with E-state index in [4.69, 9.17) is 0 Å². The van der Waals surface area contributed by atoms with Gasteiger partial charge in [-0.1, -0.05) is 66.2 Å². The zero-order valence-corrected chi connectivity index (χ0v) is 16.2. The number of hydrogen-bond donors (Lipinski definition) is 2. The van der Waals surface area contributed by atoms with E-state index in [-0.39, 0.29) is 5.56 Å². The van der Waals surface area contributed by atoms with Crippen molar-refractivity contribution in [3.63, 3.8) is 0 Å². The van der Waals surface area contributed by atoms with Crippen LogP contribution in [0.1, 0.15) is 32.0 Å². The standard InChI is InChI=1S/C24H19N3O3/c1-15-11-12-20-19(13-15)21(16-7-3-2-4-8-16)22(26-20)23(28)27-25-14-17-9-5-6-10-18(17)24(29)30/h2-14,26H,1H3,(H,27,28)(H,29,30)/p-1. The first-order valence-electron chi connectivity index (χ1n) is 9.36. The maximum atomic E-state index is 12.9. The van der Waals surface area contributed by atoms with E-state index in [2.05, 4.69) is 15.5 Å². The summed E-state index contributed by atoms with van der Waals surface area (Å²) in [5.41, 5.74) is 6.84. The van der Waals surface area contributed by atoms with Gasteiger partial charge in [0.15, 0.2) is 0 Å². The fourth-order valence-electron chi connectivity index (χ4n) is 3.39. The summed E-state index contributed by atoms with van der Waals surface area (Å²) in [7, 11) is 0. The first kappa shape index (κ1) is 19.1. The number of benzene rings is 3. The van der Waals surface area contributed by atoms with E-state index in [0.717, 1.165) is 27.6 Å². The van der Waals surface area contributed by atoms with Crippen LogP contribution in [0.3, 0.4) is 0 Å². The Hall–Kier alpha value is -4.19. The quantitative estimate of drug-likeness (QED) is 0.400. The van der Waals surface area contributed by atoms with E-state index in [0.29, 0.717) is 11.3 Å². The molecule has 4 rings (SSSR count). The monoisotopic (exact) mass is 396 g/mol. The van der Waals surface area contributed by atoms with Crippen LogP contribution in [0.5, 0.6) is 0 Å². The van der Waals surface area contributed by atoms with Crippen molar-refractivity contribution < 1.29 is 14.7 Å². The first-order valence-corrected chi connectivity index (χ1v) is 9.36. The molecule has 0 saturated carbocycles. The molecule has 0 saturated heterocycles. The number of fused-ring (bicyclic) bond motifs is 1. The van der Waals surface area contributed by atoms with Crippen molar-refractivity contribution in [2.75, 3.05) is 0 Å². The molecule has 6 nitrogen and oxygen atoms in total. The molecule has 2 N–H and O–H groups in total. The van der Waals surface area contributed by atoms with E-state index in [1.54, 1.807) is 18.2 Å². The van der Waals surface area contributed by atoms with Gasteiger partial charge in [0.25, 0.3) is 5.91 Å². The topological polar surface area (TPSA) is 97.4 Å². The predicted octanol–water partition coefficient (Wildman–Crippen LogP) is 3.27. The van der Waals surface area contributed by atoms with E-state index in [1.807, 2.05) is 55.5 Å². The van der Waals surface area contributed by atoms with Crippen molar-refractivity contribution in [1.82, 2.24) is 10.4 Å². The number of carbonyl (C=O) groups is 2. The van der Waals surface area contributed by atoms with Crippen molar-refractivity contribution in [3.05, 3.63) is 95.2 Å². The molecule has 148 valence electrons. The van der Waals surface area contributed by atoms with Crippen LogP contribution in [0.2, 0.25) is 0 Å². The van der Waals surface area contributed by atoms with Gasteiger partial charge in [-0.3, -0.25) is 4.79 Å². The number of carboxylic acids is 1. The number of nitrogens with one attached hydrogen (secondary N) is 2. The van der Waals surface area contributed by atoms with Crippen LogP contribution in [-0.2, 0) is 0 Å². The molecule has 1 heterocycles. The number of carbonyl (C=O) groups excluding carboxylic acids is 2.